The van der Waals surface area contributed by atoms with Gasteiger partial charge in [0.1, 0.15) is 5.54 Å². The number of amides is 3. The zero-order chi connectivity index (χ0) is 15.3. The van der Waals surface area contributed by atoms with Gasteiger partial charge in [-0.1, -0.05) is 19.3 Å². The Bertz CT molecular complexity index is 416. The Morgan fingerprint density at radius 2 is 1.86 bits per heavy atom. The van der Waals surface area contributed by atoms with Crippen LogP contribution < -0.4 is 11.1 Å². The molecule has 0 spiro atoms. The molecule has 1 heterocycles. The largest absolute Gasteiger partial charge is 0.368 e. The van der Waals surface area contributed by atoms with Gasteiger partial charge in [-0.3, -0.25) is 14.4 Å². The average Bonchev–Trinajstić information content (AvgIpc) is 2.47. The van der Waals surface area contributed by atoms with E-state index in [-0.39, 0.29) is 18.2 Å². The Kier molecular flexibility index (Phi) is 5.20. The van der Waals surface area contributed by atoms with E-state index in [1.165, 1.54) is 0 Å². The molecule has 2 rings (SSSR count). The summed E-state index contributed by atoms with van der Waals surface area (Å²) in [6.45, 7) is 1.16. The van der Waals surface area contributed by atoms with Gasteiger partial charge in [-0.15, -0.1) is 0 Å². The molecule has 2 fully saturated rings. The van der Waals surface area contributed by atoms with Gasteiger partial charge in [0.15, 0.2) is 0 Å². The predicted octanol–water partition coefficient (Wildman–Crippen LogP) is 0.693. The lowest BCUT2D eigenvalue weighted by molar-refractivity contribution is -0.136. The van der Waals surface area contributed by atoms with Crippen LogP contribution in [-0.4, -0.2) is 41.2 Å². The van der Waals surface area contributed by atoms with Gasteiger partial charge in [0, 0.05) is 25.9 Å². The molecule has 0 radical (unpaired) electrons. The van der Waals surface area contributed by atoms with Crippen LogP contribution >= 0.6 is 0 Å². The van der Waals surface area contributed by atoms with E-state index in [0.29, 0.717) is 25.8 Å². The maximum absolute atomic E-state index is 12.1. The minimum atomic E-state index is -0.874. The van der Waals surface area contributed by atoms with Crippen molar-refractivity contribution < 1.29 is 14.4 Å². The third-order valence-electron chi connectivity index (χ3n) is 4.59. The van der Waals surface area contributed by atoms with Crippen LogP contribution in [0.1, 0.15) is 57.8 Å². The van der Waals surface area contributed by atoms with Crippen molar-refractivity contribution in [1.29, 1.82) is 0 Å². The van der Waals surface area contributed by atoms with Crippen LogP contribution in [0.3, 0.4) is 0 Å². The number of carbonyl (C=O) groups is 3. The van der Waals surface area contributed by atoms with E-state index in [2.05, 4.69) is 5.32 Å². The summed E-state index contributed by atoms with van der Waals surface area (Å²) < 4.78 is 0. The Morgan fingerprint density at radius 3 is 2.48 bits per heavy atom. The van der Waals surface area contributed by atoms with Gasteiger partial charge >= 0.3 is 0 Å². The van der Waals surface area contributed by atoms with Gasteiger partial charge in [-0.05, 0) is 25.7 Å². The monoisotopic (exact) mass is 295 g/mol. The Labute approximate surface area is 125 Å². The van der Waals surface area contributed by atoms with Crippen LogP contribution in [0.15, 0.2) is 0 Å². The molecule has 1 saturated carbocycles. The molecule has 1 aliphatic heterocycles. The SMILES string of the molecule is NC(=O)C1(NC(=O)CCN2CCCCC2=O)CCCCC1. The molecular formula is C15H25N3O3. The number of primary amides is 1. The number of nitrogens with two attached hydrogens (primary N) is 1. The van der Waals surface area contributed by atoms with Gasteiger partial charge in [0.25, 0.3) is 0 Å². The van der Waals surface area contributed by atoms with Crippen molar-refractivity contribution >= 4 is 17.7 Å². The Morgan fingerprint density at radius 1 is 1.14 bits per heavy atom. The molecule has 0 atom stereocenters. The summed E-state index contributed by atoms with van der Waals surface area (Å²) in [4.78, 5) is 37.3. The lowest BCUT2D eigenvalue weighted by Gasteiger charge is -2.35. The molecule has 21 heavy (non-hydrogen) atoms. The van der Waals surface area contributed by atoms with Gasteiger partial charge in [0.2, 0.25) is 17.7 Å². The van der Waals surface area contributed by atoms with Crippen molar-refractivity contribution in [2.45, 2.75) is 63.3 Å². The van der Waals surface area contributed by atoms with E-state index in [1.54, 1.807) is 4.90 Å². The van der Waals surface area contributed by atoms with Crippen molar-refractivity contribution in [2.75, 3.05) is 13.1 Å². The first kappa shape index (κ1) is 15.8. The summed E-state index contributed by atoms with van der Waals surface area (Å²) in [5, 5.41) is 2.83. The highest BCUT2D eigenvalue weighted by atomic mass is 16.2. The first-order chi connectivity index (χ1) is 10.0. The van der Waals surface area contributed by atoms with Gasteiger partial charge < -0.3 is 16.0 Å². The maximum atomic E-state index is 12.1. The summed E-state index contributed by atoms with van der Waals surface area (Å²) in [5.74, 6) is -0.505. The molecule has 0 unspecified atom stereocenters. The van der Waals surface area contributed by atoms with E-state index in [1.807, 2.05) is 0 Å². The Hall–Kier alpha value is -1.59. The summed E-state index contributed by atoms with van der Waals surface area (Å²) in [6.07, 6.45) is 6.89. The van der Waals surface area contributed by atoms with Crippen LogP contribution in [0, 0.1) is 0 Å². The summed E-state index contributed by atoms with van der Waals surface area (Å²) in [6, 6.07) is 0. The summed E-state index contributed by atoms with van der Waals surface area (Å²) >= 11 is 0. The molecular weight excluding hydrogens is 270 g/mol. The highest BCUT2D eigenvalue weighted by Crippen LogP contribution is 2.28. The lowest BCUT2D eigenvalue weighted by Crippen LogP contribution is -2.58. The second-order valence-corrected chi connectivity index (χ2v) is 6.14. The number of hydrogen-bond acceptors (Lipinski definition) is 3. The van der Waals surface area contributed by atoms with E-state index in [9.17, 15) is 14.4 Å². The van der Waals surface area contributed by atoms with E-state index in [0.717, 1.165) is 38.6 Å². The molecule has 1 aliphatic carbocycles. The van der Waals surface area contributed by atoms with Crippen molar-refractivity contribution in [3.63, 3.8) is 0 Å². The summed E-state index contributed by atoms with van der Waals surface area (Å²) in [7, 11) is 0. The molecule has 0 aromatic rings. The number of carbonyl (C=O) groups excluding carboxylic acids is 3. The van der Waals surface area contributed by atoms with Gasteiger partial charge in [-0.25, -0.2) is 0 Å². The fourth-order valence-electron chi connectivity index (χ4n) is 3.25. The smallest absolute Gasteiger partial charge is 0.243 e. The van der Waals surface area contributed by atoms with Crippen molar-refractivity contribution in [2.24, 2.45) is 5.73 Å². The van der Waals surface area contributed by atoms with Gasteiger partial charge in [0.05, 0.1) is 0 Å². The van der Waals surface area contributed by atoms with Crippen molar-refractivity contribution in [3.05, 3.63) is 0 Å². The predicted molar refractivity (Wildman–Crippen MR) is 78.2 cm³/mol. The number of piperidine rings is 1. The Balaban J connectivity index is 1.85. The molecule has 118 valence electrons. The number of likely N-dealkylation sites (tertiary alicyclic amines) is 1. The van der Waals surface area contributed by atoms with E-state index < -0.39 is 11.4 Å². The van der Waals surface area contributed by atoms with E-state index >= 15 is 0 Å². The molecule has 3 amide bonds. The average molecular weight is 295 g/mol. The standard InChI is InChI=1S/C15H25N3O3/c16-14(21)15(8-3-1-4-9-15)17-12(19)7-11-18-10-5-2-6-13(18)20/h1-11H2,(H2,16,21)(H,17,19). The normalized spacial score (nSPS) is 21.9. The number of nitrogens with zero attached hydrogens (tertiary/aromatic N) is 1. The molecule has 3 N–H and O–H groups in total. The fourth-order valence-corrected chi connectivity index (χ4v) is 3.25. The fraction of sp³-hybridized carbons (Fsp3) is 0.800. The lowest BCUT2D eigenvalue weighted by atomic mass is 9.81. The van der Waals surface area contributed by atoms with Crippen LogP contribution in [0.5, 0.6) is 0 Å². The minimum Gasteiger partial charge on any atom is -0.368 e. The molecule has 6 nitrogen and oxygen atoms in total. The highest BCUT2D eigenvalue weighted by Gasteiger charge is 2.39. The first-order valence-corrected chi connectivity index (χ1v) is 7.92. The van der Waals surface area contributed by atoms with Crippen molar-refractivity contribution in [3.8, 4) is 0 Å². The third-order valence-corrected chi connectivity index (χ3v) is 4.59. The number of nitrogens with one attached hydrogen (secondary N) is 1. The van der Waals surface area contributed by atoms with Crippen LogP contribution in [-0.2, 0) is 14.4 Å². The summed E-state index contributed by atoms with van der Waals surface area (Å²) in [5.41, 5.74) is 4.62. The maximum Gasteiger partial charge on any atom is 0.243 e. The zero-order valence-electron chi connectivity index (χ0n) is 12.5. The van der Waals surface area contributed by atoms with Gasteiger partial charge in [-0.2, -0.15) is 0 Å². The van der Waals surface area contributed by atoms with Crippen LogP contribution in [0.25, 0.3) is 0 Å². The number of hydrogen-bond donors (Lipinski definition) is 2. The third kappa shape index (κ3) is 3.95. The van der Waals surface area contributed by atoms with Crippen LogP contribution in [0.4, 0.5) is 0 Å². The quantitative estimate of drug-likeness (QED) is 0.781. The molecule has 2 aliphatic rings. The molecule has 6 heteroatoms. The first-order valence-electron chi connectivity index (χ1n) is 7.92. The second kappa shape index (κ2) is 6.91. The second-order valence-electron chi connectivity index (χ2n) is 6.14. The highest BCUT2D eigenvalue weighted by molar-refractivity contribution is 5.90. The number of rotatable bonds is 5. The van der Waals surface area contributed by atoms with Crippen LogP contribution in [0.2, 0.25) is 0 Å². The minimum absolute atomic E-state index is 0.122. The molecule has 1 saturated heterocycles. The zero-order valence-corrected chi connectivity index (χ0v) is 12.5. The molecule has 0 aromatic carbocycles. The van der Waals surface area contributed by atoms with Crippen molar-refractivity contribution in [1.82, 2.24) is 10.2 Å². The molecule has 0 aromatic heterocycles. The molecule has 0 bridgehead atoms. The topological polar surface area (TPSA) is 92.5 Å². The van der Waals surface area contributed by atoms with E-state index in [4.69, 9.17) is 5.73 Å².